The average molecular weight is 477 g/mol. The maximum atomic E-state index is 12.6. The molecule has 1 heterocycles. The van der Waals surface area contributed by atoms with Crippen LogP contribution in [-0.2, 0) is 14.3 Å². The van der Waals surface area contributed by atoms with E-state index < -0.39 is 12.1 Å². The number of nitrogens with one attached hydrogen (secondary N) is 1. The van der Waals surface area contributed by atoms with Crippen molar-refractivity contribution in [3.63, 3.8) is 0 Å². The van der Waals surface area contributed by atoms with Gasteiger partial charge in [-0.05, 0) is 59.8 Å². The van der Waals surface area contributed by atoms with Gasteiger partial charge in [-0.2, -0.15) is 0 Å². The number of benzene rings is 2. The van der Waals surface area contributed by atoms with E-state index in [-0.39, 0.29) is 36.2 Å². The minimum absolute atomic E-state index is 0.0336. The molecule has 1 saturated heterocycles. The molecule has 2 aliphatic carbocycles. The number of ether oxygens (including phenoxy) is 1. The Labute approximate surface area is 205 Å². The molecule has 5 rings (SSSR count). The number of unbranched alkanes of at least 4 members (excludes halogenated alkanes) is 1. The molecule has 2 fully saturated rings. The van der Waals surface area contributed by atoms with Crippen molar-refractivity contribution < 1.29 is 24.2 Å². The second kappa shape index (κ2) is 10.1. The van der Waals surface area contributed by atoms with E-state index in [1.807, 2.05) is 29.2 Å². The molecule has 1 aliphatic heterocycles. The average Bonchev–Trinajstić information content (AvgIpc) is 3.33. The number of carboxylic acids is 1. The Kier molecular flexibility index (Phi) is 6.75. The standard InChI is InChI=1S/C28H32N2O5/c31-25(30-15-18-12-13-19(16-30)26(18)27(32)33)11-5-6-14-29-28(34)35-17-24-22-9-3-1-7-20(22)21-8-2-4-10-23(21)24/h1-4,7-10,18-19,24,26H,5-6,11-17H2,(H,29,34)(H,32,33). The third-order valence-corrected chi connectivity index (χ3v) is 7.90. The van der Waals surface area contributed by atoms with E-state index in [9.17, 15) is 19.5 Å². The van der Waals surface area contributed by atoms with Crippen LogP contribution < -0.4 is 5.32 Å². The van der Waals surface area contributed by atoms with E-state index in [0.29, 0.717) is 38.9 Å². The Morgan fingerprint density at radius 2 is 1.51 bits per heavy atom. The molecule has 0 aromatic heterocycles. The van der Waals surface area contributed by atoms with Crippen LogP contribution in [0, 0.1) is 17.8 Å². The van der Waals surface area contributed by atoms with Crippen LogP contribution in [0.2, 0.25) is 0 Å². The third-order valence-electron chi connectivity index (χ3n) is 7.90. The van der Waals surface area contributed by atoms with Gasteiger partial charge in [-0.3, -0.25) is 9.59 Å². The SMILES string of the molecule is O=C(NCCCCC(=O)N1CC2CCC(C1)C2C(=O)O)OCC1c2ccccc2-c2ccccc21. The summed E-state index contributed by atoms with van der Waals surface area (Å²) in [6.45, 7) is 1.86. The fraction of sp³-hybridized carbons (Fsp3) is 0.464. The summed E-state index contributed by atoms with van der Waals surface area (Å²) in [5, 5.41) is 12.2. The van der Waals surface area contributed by atoms with Crippen LogP contribution in [0.4, 0.5) is 4.79 Å². The van der Waals surface area contributed by atoms with Crippen molar-refractivity contribution in [2.75, 3.05) is 26.2 Å². The zero-order valence-corrected chi connectivity index (χ0v) is 19.8. The number of alkyl carbamates (subject to hydrolysis) is 1. The summed E-state index contributed by atoms with van der Waals surface area (Å²) in [5.41, 5.74) is 4.76. The topological polar surface area (TPSA) is 95.9 Å². The molecule has 2 bridgehead atoms. The molecule has 0 spiro atoms. The molecule has 2 aromatic rings. The van der Waals surface area contributed by atoms with Gasteiger partial charge in [0.1, 0.15) is 6.61 Å². The third kappa shape index (κ3) is 4.77. The van der Waals surface area contributed by atoms with Gasteiger partial charge in [0.2, 0.25) is 5.91 Å². The molecule has 7 heteroatoms. The van der Waals surface area contributed by atoms with Crippen LogP contribution in [0.1, 0.15) is 49.1 Å². The number of piperidine rings is 1. The fourth-order valence-corrected chi connectivity index (χ4v) is 6.23. The minimum atomic E-state index is -0.719. The Hall–Kier alpha value is -3.35. The largest absolute Gasteiger partial charge is 0.481 e. The van der Waals surface area contributed by atoms with Crippen LogP contribution >= 0.6 is 0 Å². The van der Waals surface area contributed by atoms with Gasteiger partial charge >= 0.3 is 12.1 Å². The first-order chi connectivity index (χ1) is 17.0. The van der Waals surface area contributed by atoms with Gasteiger partial charge in [0.15, 0.2) is 0 Å². The Morgan fingerprint density at radius 1 is 0.914 bits per heavy atom. The van der Waals surface area contributed by atoms with E-state index >= 15 is 0 Å². The molecule has 2 atom stereocenters. The molecular formula is C28H32N2O5. The number of likely N-dealkylation sites (tertiary alicyclic amines) is 1. The molecule has 2 N–H and O–H groups in total. The molecule has 2 aromatic carbocycles. The molecule has 184 valence electrons. The van der Waals surface area contributed by atoms with E-state index in [2.05, 4.69) is 29.6 Å². The van der Waals surface area contributed by atoms with Crippen LogP contribution in [0.5, 0.6) is 0 Å². The second-order valence-corrected chi connectivity index (χ2v) is 9.97. The monoisotopic (exact) mass is 476 g/mol. The first kappa shape index (κ1) is 23.4. The molecule has 1 saturated carbocycles. The lowest BCUT2D eigenvalue weighted by atomic mass is 9.85. The highest BCUT2D eigenvalue weighted by atomic mass is 16.5. The molecule has 0 radical (unpaired) electrons. The number of rotatable bonds is 8. The number of amides is 2. The number of carboxylic acid groups (broad SMARTS) is 1. The summed E-state index contributed by atoms with van der Waals surface area (Å²) in [6.07, 6.45) is 3.14. The zero-order chi connectivity index (χ0) is 24.4. The lowest BCUT2D eigenvalue weighted by Gasteiger charge is -2.36. The van der Waals surface area contributed by atoms with Crippen LogP contribution in [0.25, 0.3) is 11.1 Å². The van der Waals surface area contributed by atoms with Gasteiger partial charge in [0.25, 0.3) is 0 Å². The van der Waals surface area contributed by atoms with E-state index in [4.69, 9.17) is 4.74 Å². The molecule has 3 aliphatic rings. The van der Waals surface area contributed by atoms with Crippen LogP contribution in [-0.4, -0.2) is 54.2 Å². The van der Waals surface area contributed by atoms with Gasteiger partial charge in [0, 0.05) is 32.0 Å². The maximum absolute atomic E-state index is 12.6. The Balaban J connectivity index is 1.02. The predicted octanol–water partition coefficient (Wildman–Crippen LogP) is 4.26. The Bertz CT molecular complexity index is 1060. The number of nitrogens with zero attached hydrogens (tertiary/aromatic N) is 1. The normalized spacial score (nSPS) is 22.4. The second-order valence-electron chi connectivity index (χ2n) is 9.97. The van der Waals surface area contributed by atoms with Gasteiger partial charge < -0.3 is 20.1 Å². The molecule has 2 amide bonds. The number of fused-ring (bicyclic) bond motifs is 5. The van der Waals surface area contributed by atoms with Gasteiger partial charge in [0.05, 0.1) is 5.92 Å². The molecular weight excluding hydrogens is 444 g/mol. The van der Waals surface area contributed by atoms with Gasteiger partial charge in [-0.15, -0.1) is 0 Å². The Morgan fingerprint density at radius 3 is 2.11 bits per heavy atom. The highest BCUT2D eigenvalue weighted by molar-refractivity contribution is 5.79. The number of carbonyl (C=O) groups is 3. The zero-order valence-electron chi connectivity index (χ0n) is 19.8. The van der Waals surface area contributed by atoms with E-state index in [1.54, 1.807) is 0 Å². The first-order valence-electron chi connectivity index (χ1n) is 12.6. The number of hydrogen-bond donors (Lipinski definition) is 2. The predicted molar refractivity (Wildman–Crippen MR) is 131 cm³/mol. The first-order valence-corrected chi connectivity index (χ1v) is 12.6. The summed E-state index contributed by atoms with van der Waals surface area (Å²) >= 11 is 0. The van der Waals surface area contributed by atoms with Crippen LogP contribution in [0.15, 0.2) is 48.5 Å². The number of carbonyl (C=O) groups excluding carboxylic acids is 2. The molecule has 7 nitrogen and oxygen atoms in total. The lowest BCUT2D eigenvalue weighted by Crippen LogP contribution is -2.47. The van der Waals surface area contributed by atoms with Crippen molar-refractivity contribution in [1.82, 2.24) is 10.2 Å². The highest BCUT2D eigenvalue weighted by Crippen LogP contribution is 2.44. The summed E-state index contributed by atoms with van der Waals surface area (Å²) in [7, 11) is 0. The lowest BCUT2D eigenvalue weighted by molar-refractivity contribution is -0.149. The van der Waals surface area contributed by atoms with Gasteiger partial charge in [-0.1, -0.05) is 48.5 Å². The van der Waals surface area contributed by atoms with Crippen molar-refractivity contribution in [3.8, 4) is 11.1 Å². The molecule has 35 heavy (non-hydrogen) atoms. The highest BCUT2D eigenvalue weighted by Gasteiger charge is 2.46. The number of aliphatic carboxylic acids is 1. The number of hydrogen-bond acceptors (Lipinski definition) is 4. The van der Waals surface area contributed by atoms with Crippen molar-refractivity contribution >= 4 is 18.0 Å². The summed E-state index contributed by atoms with van der Waals surface area (Å²) in [6, 6.07) is 16.5. The van der Waals surface area contributed by atoms with Crippen LogP contribution in [0.3, 0.4) is 0 Å². The molecule has 2 unspecified atom stereocenters. The quantitative estimate of drug-likeness (QED) is 0.555. The van der Waals surface area contributed by atoms with Crippen molar-refractivity contribution in [2.45, 2.75) is 38.0 Å². The van der Waals surface area contributed by atoms with Crippen molar-refractivity contribution in [2.24, 2.45) is 17.8 Å². The van der Waals surface area contributed by atoms with E-state index in [1.165, 1.54) is 22.3 Å². The summed E-state index contributed by atoms with van der Waals surface area (Å²) in [4.78, 5) is 38.2. The fourth-order valence-electron chi connectivity index (χ4n) is 6.23. The van der Waals surface area contributed by atoms with Crippen molar-refractivity contribution in [1.29, 1.82) is 0 Å². The minimum Gasteiger partial charge on any atom is -0.481 e. The summed E-state index contributed by atoms with van der Waals surface area (Å²) < 4.78 is 5.55. The summed E-state index contributed by atoms with van der Waals surface area (Å²) in [5.74, 6) is -0.710. The van der Waals surface area contributed by atoms with Crippen molar-refractivity contribution in [3.05, 3.63) is 59.7 Å². The smallest absolute Gasteiger partial charge is 0.407 e. The van der Waals surface area contributed by atoms with E-state index in [0.717, 1.165) is 12.8 Å². The maximum Gasteiger partial charge on any atom is 0.407 e. The van der Waals surface area contributed by atoms with Gasteiger partial charge in [-0.25, -0.2) is 4.79 Å².